The lowest BCUT2D eigenvalue weighted by molar-refractivity contribution is 0.581. The van der Waals surface area contributed by atoms with Crippen LogP contribution in [-0.4, -0.2) is 13.7 Å². The second-order valence-corrected chi connectivity index (χ2v) is 6.52. The van der Waals surface area contributed by atoms with Crippen LogP contribution in [0.4, 0.5) is 0 Å². The number of sulfone groups is 1. The molecule has 2 nitrogen and oxygen atoms in total. The average molecular weight is 267 g/mol. The van der Waals surface area contributed by atoms with Crippen LogP contribution in [0.15, 0.2) is 23.1 Å². The van der Waals surface area contributed by atoms with E-state index in [1.54, 1.807) is 6.92 Å². The third-order valence-electron chi connectivity index (χ3n) is 2.31. The zero-order valence-corrected chi connectivity index (χ0v) is 10.8. The monoisotopic (exact) mass is 266 g/mol. The van der Waals surface area contributed by atoms with E-state index in [4.69, 9.17) is 23.2 Å². The van der Waals surface area contributed by atoms with E-state index in [-0.39, 0.29) is 9.92 Å². The van der Waals surface area contributed by atoms with Crippen molar-refractivity contribution in [3.63, 3.8) is 0 Å². The van der Waals surface area contributed by atoms with Gasteiger partial charge in [-0.3, -0.25) is 0 Å². The van der Waals surface area contributed by atoms with Crippen molar-refractivity contribution in [3.05, 3.63) is 28.2 Å². The zero-order chi connectivity index (χ0) is 11.6. The van der Waals surface area contributed by atoms with E-state index in [1.165, 1.54) is 18.2 Å². The quantitative estimate of drug-likeness (QED) is 0.839. The van der Waals surface area contributed by atoms with Crippen LogP contribution in [0.3, 0.4) is 0 Å². The van der Waals surface area contributed by atoms with Gasteiger partial charge in [-0.15, -0.1) is 0 Å². The van der Waals surface area contributed by atoms with Gasteiger partial charge in [0.2, 0.25) is 0 Å². The molecule has 0 radical (unpaired) electrons. The Balaban J connectivity index is 3.28. The second-order valence-electron chi connectivity index (χ2n) is 3.34. The average Bonchev–Trinajstić information content (AvgIpc) is 2.15. The Hall–Kier alpha value is -0.250. The van der Waals surface area contributed by atoms with Crippen LogP contribution in [0.5, 0.6) is 0 Å². The maximum Gasteiger partial charge on any atom is 0.182 e. The normalized spacial score (nSPS) is 13.9. The summed E-state index contributed by atoms with van der Waals surface area (Å²) >= 11 is 11.6. The number of rotatable bonds is 3. The predicted octanol–water partition coefficient (Wildman–Crippen LogP) is 3.57. The largest absolute Gasteiger partial charge is 0.223 e. The SMILES string of the molecule is CCC(C)S(=O)(=O)c1ccc(Cl)cc1Cl. The van der Waals surface area contributed by atoms with E-state index in [0.29, 0.717) is 11.4 Å². The van der Waals surface area contributed by atoms with E-state index < -0.39 is 15.1 Å². The van der Waals surface area contributed by atoms with Crippen molar-refractivity contribution in [2.45, 2.75) is 30.4 Å². The van der Waals surface area contributed by atoms with Gasteiger partial charge in [0, 0.05) is 5.02 Å². The topological polar surface area (TPSA) is 34.1 Å². The van der Waals surface area contributed by atoms with E-state index in [2.05, 4.69) is 0 Å². The number of hydrogen-bond acceptors (Lipinski definition) is 2. The molecule has 0 bridgehead atoms. The van der Waals surface area contributed by atoms with E-state index >= 15 is 0 Å². The van der Waals surface area contributed by atoms with Gasteiger partial charge in [-0.25, -0.2) is 8.42 Å². The van der Waals surface area contributed by atoms with Gasteiger partial charge >= 0.3 is 0 Å². The first kappa shape index (κ1) is 12.8. The molecule has 84 valence electrons. The van der Waals surface area contributed by atoms with Crippen LogP contribution >= 0.6 is 23.2 Å². The lowest BCUT2D eigenvalue weighted by Crippen LogP contribution is -2.17. The molecule has 0 aromatic heterocycles. The first-order valence-electron chi connectivity index (χ1n) is 4.58. The standard InChI is InChI=1S/C10H12Cl2O2S/c1-3-7(2)15(13,14)10-5-4-8(11)6-9(10)12/h4-7H,3H2,1-2H3. The highest BCUT2D eigenvalue weighted by Gasteiger charge is 2.24. The third kappa shape index (κ3) is 2.65. The Labute approximate surface area is 100 Å². The molecule has 0 N–H and O–H groups in total. The van der Waals surface area contributed by atoms with Gasteiger partial charge in [0.25, 0.3) is 0 Å². The van der Waals surface area contributed by atoms with Gasteiger partial charge in [0.1, 0.15) is 0 Å². The van der Waals surface area contributed by atoms with Gasteiger partial charge < -0.3 is 0 Å². The Bertz CT molecular complexity index is 454. The molecule has 1 unspecified atom stereocenters. The molecule has 1 atom stereocenters. The van der Waals surface area contributed by atoms with Crippen molar-refractivity contribution in [1.29, 1.82) is 0 Å². The molecule has 0 aliphatic carbocycles. The Kier molecular flexibility index (Phi) is 4.04. The first-order chi connectivity index (χ1) is 6.89. The van der Waals surface area contributed by atoms with E-state index in [0.717, 1.165) is 0 Å². The Morgan fingerprint density at radius 2 is 1.93 bits per heavy atom. The van der Waals surface area contributed by atoms with Crippen molar-refractivity contribution in [2.75, 3.05) is 0 Å². The maximum atomic E-state index is 12.0. The fourth-order valence-corrected chi connectivity index (χ4v) is 3.33. The summed E-state index contributed by atoms with van der Waals surface area (Å²) < 4.78 is 23.9. The van der Waals surface area contributed by atoms with Gasteiger partial charge in [-0.2, -0.15) is 0 Å². The summed E-state index contributed by atoms with van der Waals surface area (Å²) in [5, 5.41) is 0.182. The van der Waals surface area contributed by atoms with Crippen LogP contribution in [0, 0.1) is 0 Å². The lowest BCUT2D eigenvalue weighted by Gasteiger charge is -2.11. The van der Waals surface area contributed by atoms with Crippen LogP contribution in [0.2, 0.25) is 10.0 Å². The molecule has 1 rings (SSSR count). The van der Waals surface area contributed by atoms with Gasteiger partial charge in [-0.1, -0.05) is 30.1 Å². The van der Waals surface area contributed by atoms with Crippen molar-refractivity contribution >= 4 is 33.0 Å². The molecular weight excluding hydrogens is 255 g/mol. The van der Waals surface area contributed by atoms with Crippen molar-refractivity contribution in [1.82, 2.24) is 0 Å². The third-order valence-corrected chi connectivity index (χ3v) is 5.33. The van der Waals surface area contributed by atoms with Gasteiger partial charge in [0.15, 0.2) is 9.84 Å². The minimum Gasteiger partial charge on any atom is -0.223 e. The fraction of sp³-hybridized carbons (Fsp3) is 0.400. The number of benzene rings is 1. The summed E-state index contributed by atoms with van der Waals surface area (Å²) in [5.41, 5.74) is 0. The second kappa shape index (κ2) is 4.73. The molecule has 1 aromatic carbocycles. The molecular formula is C10H12Cl2O2S. The maximum absolute atomic E-state index is 12.0. The lowest BCUT2D eigenvalue weighted by atomic mass is 10.4. The molecule has 0 amide bonds. The zero-order valence-electron chi connectivity index (χ0n) is 8.50. The summed E-state index contributed by atoms with van der Waals surface area (Å²) in [4.78, 5) is 0.155. The molecule has 0 fully saturated rings. The Morgan fingerprint density at radius 1 is 1.33 bits per heavy atom. The molecule has 0 aliphatic rings. The number of halogens is 2. The van der Waals surface area contributed by atoms with Gasteiger partial charge in [0.05, 0.1) is 15.2 Å². The summed E-state index contributed by atoms with van der Waals surface area (Å²) in [6, 6.07) is 4.42. The summed E-state index contributed by atoms with van der Waals surface area (Å²) in [5.74, 6) is 0. The first-order valence-corrected chi connectivity index (χ1v) is 6.88. The van der Waals surface area contributed by atoms with Gasteiger partial charge in [-0.05, 0) is 31.5 Å². The summed E-state index contributed by atoms with van der Waals surface area (Å²) in [6.07, 6.45) is 0.557. The van der Waals surface area contributed by atoms with E-state index in [1.807, 2.05) is 6.92 Å². The van der Waals surface area contributed by atoms with Crippen molar-refractivity contribution in [3.8, 4) is 0 Å². The Morgan fingerprint density at radius 3 is 2.40 bits per heavy atom. The molecule has 0 spiro atoms. The fourth-order valence-electron chi connectivity index (χ4n) is 1.14. The van der Waals surface area contributed by atoms with Crippen molar-refractivity contribution < 1.29 is 8.42 Å². The molecule has 0 aliphatic heterocycles. The minimum atomic E-state index is -3.33. The van der Waals surface area contributed by atoms with Crippen molar-refractivity contribution in [2.24, 2.45) is 0 Å². The highest BCUT2D eigenvalue weighted by molar-refractivity contribution is 7.92. The molecule has 5 heteroatoms. The highest BCUT2D eigenvalue weighted by atomic mass is 35.5. The minimum absolute atomic E-state index is 0.155. The van der Waals surface area contributed by atoms with Crippen LogP contribution < -0.4 is 0 Å². The highest BCUT2D eigenvalue weighted by Crippen LogP contribution is 2.28. The van der Waals surface area contributed by atoms with Crippen LogP contribution in [0.1, 0.15) is 20.3 Å². The molecule has 0 saturated carbocycles. The number of hydrogen-bond donors (Lipinski definition) is 0. The van der Waals surface area contributed by atoms with Crippen LogP contribution in [0.25, 0.3) is 0 Å². The summed E-state index contributed by atoms with van der Waals surface area (Å²) in [6.45, 7) is 3.49. The molecule has 0 heterocycles. The predicted molar refractivity (Wildman–Crippen MR) is 63.4 cm³/mol. The molecule has 0 saturated heterocycles. The molecule has 1 aromatic rings. The molecule has 15 heavy (non-hydrogen) atoms. The van der Waals surface area contributed by atoms with E-state index in [9.17, 15) is 8.42 Å². The smallest absolute Gasteiger partial charge is 0.182 e. The van der Waals surface area contributed by atoms with Crippen LogP contribution in [-0.2, 0) is 9.84 Å². The summed E-state index contributed by atoms with van der Waals surface area (Å²) in [7, 11) is -3.33.